The summed E-state index contributed by atoms with van der Waals surface area (Å²) in [6, 6.07) is 6.41. The van der Waals surface area contributed by atoms with Gasteiger partial charge in [0.1, 0.15) is 0 Å². The molecule has 1 saturated heterocycles. The van der Waals surface area contributed by atoms with Crippen molar-refractivity contribution in [2.24, 2.45) is 0 Å². The lowest BCUT2D eigenvalue weighted by atomic mass is 10.0. The Morgan fingerprint density at radius 1 is 1.19 bits per heavy atom. The van der Waals surface area contributed by atoms with Crippen molar-refractivity contribution in [2.75, 3.05) is 33.9 Å². The van der Waals surface area contributed by atoms with E-state index in [2.05, 4.69) is 24.8 Å². The van der Waals surface area contributed by atoms with Crippen LogP contribution >= 0.6 is 0 Å². The van der Waals surface area contributed by atoms with E-state index in [0.717, 1.165) is 56.7 Å². The number of rotatable bonds is 11. The largest absolute Gasteiger partial charge is 0.493 e. The molecular formula is C21H35NO4. The molecular weight excluding hydrogens is 330 g/mol. The monoisotopic (exact) mass is 365 g/mol. The molecule has 1 aliphatic rings. The van der Waals surface area contributed by atoms with Crippen LogP contribution in [0, 0.1) is 0 Å². The molecule has 0 aliphatic carbocycles. The van der Waals surface area contributed by atoms with E-state index >= 15 is 0 Å². The molecule has 1 heterocycles. The van der Waals surface area contributed by atoms with Gasteiger partial charge in [-0.05, 0) is 43.4 Å². The second kappa shape index (κ2) is 10.8. The van der Waals surface area contributed by atoms with E-state index < -0.39 is 0 Å². The maximum Gasteiger partial charge on any atom is 0.160 e. The molecule has 0 aromatic heterocycles. The van der Waals surface area contributed by atoms with Crippen LogP contribution in [0.3, 0.4) is 0 Å². The lowest BCUT2D eigenvalue weighted by molar-refractivity contribution is -0.0166. The normalized spacial score (nSPS) is 20.1. The molecule has 3 atom stereocenters. The summed E-state index contributed by atoms with van der Waals surface area (Å²) in [4.78, 5) is 2.40. The van der Waals surface area contributed by atoms with Crippen LogP contribution in [0.4, 0.5) is 0 Å². The summed E-state index contributed by atoms with van der Waals surface area (Å²) in [6.07, 6.45) is 4.97. The summed E-state index contributed by atoms with van der Waals surface area (Å²) in [7, 11) is 3.31. The Morgan fingerprint density at radius 3 is 2.54 bits per heavy atom. The topological polar surface area (TPSA) is 51.2 Å². The van der Waals surface area contributed by atoms with Crippen molar-refractivity contribution in [1.29, 1.82) is 0 Å². The van der Waals surface area contributed by atoms with Crippen LogP contribution in [0.2, 0.25) is 0 Å². The first-order valence-electron chi connectivity index (χ1n) is 9.87. The molecule has 0 radical (unpaired) electrons. The molecule has 0 spiro atoms. The van der Waals surface area contributed by atoms with E-state index in [-0.39, 0.29) is 12.2 Å². The summed E-state index contributed by atoms with van der Waals surface area (Å²) in [5.74, 6) is 1.51. The fraction of sp³-hybridized carbons (Fsp3) is 0.714. The summed E-state index contributed by atoms with van der Waals surface area (Å²) >= 11 is 0. The maximum atomic E-state index is 9.87. The first-order valence-corrected chi connectivity index (χ1v) is 9.87. The molecule has 26 heavy (non-hydrogen) atoms. The minimum atomic E-state index is -0.182. The first kappa shape index (κ1) is 21.0. The van der Waals surface area contributed by atoms with Crippen LogP contribution < -0.4 is 9.47 Å². The first-order chi connectivity index (χ1) is 12.6. The minimum absolute atomic E-state index is 0.182. The van der Waals surface area contributed by atoms with Crippen LogP contribution in [0.15, 0.2) is 18.2 Å². The van der Waals surface area contributed by atoms with Gasteiger partial charge in [0, 0.05) is 19.1 Å². The second-order valence-electron chi connectivity index (χ2n) is 7.05. The summed E-state index contributed by atoms with van der Waals surface area (Å²) in [5.41, 5.74) is 1.18. The standard InChI is InChI=1S/C21H35NO4/c1-5-7-19(18(6-2)22-12-10-17(23)15-22)26-13-11-16-8-9-20(24-3)21(14-16)25-4/h8-9,14,17-19,23H,5-7,10-13,15H2,1-4H3/t17-,18+,19+/m1/s1. The highest BCUT2D eigenvalue weighted by Crippen LogP contribution is 2.28. The van der Waals surface area contributed by atoms with E-state index in [1.807, 2.05) is 12.1 Å². The molecule has 2 rings (SSSR count). The molecule has 1 fully saturated rings. The number of likely N-dealkylation sites (tertiary alicyclic amines) is 1. The van der Waals surface area contributed by atoms with Gasteiger partial charge in [-0.25, -0.2) is 0 Å². The van der Waals surface area contributed by atoms with Crippen molar-refractivity contribution in [3.63, 3.8) is 0 Å². The number of benzene rings is 1. The Labute approximate surface area is 158 Å². The highest BCUT2D eigenvalue weighted by Gasteiger charge is 2.31. The Morgan fingerprint density at radius 2 is 1.96 bits per heavy atom. The average molecular weight is 366 g/mol. The third-order valence-corrected chi connectivity index (χ3v) is 5.26. The van der Waals surface area contributed by atoms with Gasteiger partial charge in [0.15, 0.2) is 11.5 Å². The van der Waals surface area contributed by atoms with E-state index in [1.165, 1.54) is 5.56 Å². The molecule has 0 saturated carbocycles. The number of hydrogen-bond acceptors (Lipinski definition) is 5. The smallest absolute Gasteiger partial charge is 0.160 e. The van der Waals surface area contributed by atoms with Gasteiger partial charge in [-0.3, -0.25) is 4.90 Å². The highest BCUT2D eigenvalue weighted by molar-refractivity contribution is 5.42. The van der Waals surface area contributed by atoms with Gasteiger partial charge < -0.3 is 19.3 Å². The Kier molecular flexibility index (Phi) is 8.69. The Bertz CT molecular complexity index is 537. The number of ether oxygens (including phenoxy) is 3. The predicted molar refractivity (Wildman–Crippen MR) is 104 cm³/mol. The van der Waals surface area contributed by atoms with Crippen LogP contribution in [-0.4, -0.2) is 62.2 Å². The maximum absolute atomic E-state index is 9.87. The molecule has 1 aromatic carbocycles. The molecule has 1 aromatic rings. The van der Waals surface area contributed by atoms with Crippen molar-refractivity contribution < 1.29 is 19.3 Å². The van der Waals surface area contributed by atoms with Crippen LogP contribution in [0.1, 0.15) is 45.1 Å². The van der Waals surface area contributed by atoms with Gasteiger partial charge in [0.25, 0.3) is 0 Å². The highest BCUT2D eigenvalue weighted by atomic mass is 16.5. The number of methoxy groups -OCH3 is 2. The zero-order chi connectivity index (χ0) is 18.9. The molecule has 0 bridgehead atoms. The van der Waals surface area contributed by atoms with Crippen molar-refractivity contribution in [3.8, 4) is 11.5 Å². The zero-order valence-electron chi connectivity index (χ0n) is 16.7. The van der Waals surface area contributed by atoms with Crippen molar-refractivity contribution in [3.05, 3.63) is 23.8 Å². The SMILES string of the molecule is CCC[C@H](OCCc1ccc(OC)c(OC)c1)[C@H](CC)N1CC[C@@H](O)C1. The zero-order valence-corrected chi connectivity index (χ0v) is 16.7. The van der Waals surface area contributed by atoms with Crippen LogP contribution in [0.25, 0.3) is 0 Å². The molecule has 1 N–H and O–H groups in total. The quantitative estimate of drug-likeness (QED) is 0.652. The summed E-state index contributed by atoms with van der Waals surface area (Å²) in [6.45, 7) is 6.86. The molecule has 0 amide bonds. The lowest BCUT2D eigenvalue weighted by Gasteiger charge is -2.34. The van der Waals surface area contributed by atoms with Gasteiger partial charge in [0.05, 0.1) is 33.0 Å². The fourth-order valence-electron chi connectivity index (χ4n) is 3.86. The summed E-state index contributed by atoms with van der Waals surface area (Å²) in [5, 5.41) is 9.87. The van der Waals surface area contributed by atoms with Gasteiger partial charge >= 0.3 is 0 Å². The van der Waals surface area contributed by atoms with Crippen LogP contribution in [-0.2, 0) is 11.2 Å². The van der Waals surface area contributed by atoms with Gasteiger partial charge in [-0.15, -0.1) is 0 Å². The molecule has 5 heteroatoms. The molecule has 5 nitrogen and oxygen atoms in total. The van der Waals surface area contributed by atoms with Crippen LogP contribution in [0.5, 0.6) is 11.5 Å². The number of aliphatic hydroxyl groups is 1. The number of aliphatic hydroxyl groups excluding tert-OH is 1. The number of nitrogens with zero attached hydrogens (tertiary/aromatic N) is 1. The van der Waals surface area contributed by atoms with E-state index in [0.29, 0.717) is 12.6 Å². The van der Waals surface area contributed by atoms with Crippen molar-refractivity contribution in [1.82, 2.24) is 4.90 Å². The number of β-amino-alcohol motifs (C(OH)–C–C–N with tert-alkyl or cyclic N) is 1. The van der Waals surface area contributed by atoms with E-state index in [1.54, 1.807) is 14.2 Å². The third kappa shape index (κ3) is 5.60. The van der Waals surface area contributed by atoms with Crippen molar-refractivity contribution >= 4 is 0 Å². The predicted octanol–water partition coefficient (Wildman–Crippen LogP) is 3.28. The minimum Gasteiger partial charge on any atom is -0.493 e. The van der Waals surface area contributed by atoms with E-state index in [9.17, 15) is 5.11 Å². The molecule has 0 unspecified atom stereocenters. The fourth-order valence-corrected chi connectivity index (χ4v) is 3.86. The second-order valence-corrected chi connectivity index (χ2v) is 7.05. The van der Waals surface area contributed by atoms with E-state index in [4.69, 9.17) is 14.2 Å². The molecule has 1 aliphatic heterocycles. The average Bonchev–Trinajstić information content (AvgIpc) is 3.08. The Balaban J connectivity index is 1.93. The van der Waals surface area contributed by atoms with Gasteiger partial charge in [-0.2, -0.15) is 0 Å². The van der Waals surface area contributed by atoms with Gasteiger partial charge in [0.2, 0.25) is 0 Å². The summed E-state index contributed by atoms with van der Waals surface area (Å²) < 4.78 is 17.0. The Hall–Kier alpha value is -1.30. The van der Waals surface area contributed by atoms with Crippen molar-refractivity contribution in [2.45, 2.75) is 64.2 Å². The van der Waals surface area contributed by atoms with Gasteiger partial charge in [-0.1, -0.05) is 26.3 Å². The molecule has 148 valence electrons. The number of hydrogen-bond donors (Lipinski definition) is 1. The lowest BCUT2D eigenvalue weighted by Crippen LogP contribution is -2.44. The third-order valence-electron chi connectivity index (χ3n) is 5.26.